The fourth-order valence-corrected chi connectivity index (χ4v) is 2.26. The molecule has 0 aliphatic rings. The lowest BCUT2D eigenvalue weighted by atomic mass is 10.1. The molecule has 4 heteroatoms. The predicted octanol–water partition coefficient (Wildman–Crippen LogP) is 5.36. The first-order valence-electron chi connectivity index (χ1n) is 7.14. The van der Waals surface area contributed by atoms with Gasteiger partial charge in [-0.3, -0.25) is 0 Å². The average molecular weight is 292 g/mol. The molecule has 0 fully saturated rings. The van der Waals surface area contributed by atoms with Crippen molar-refractivity contribution in [1.29, 1.82) is 0 Å². The van der Waals surface area contributed by atoms with Crippen LogP contribution in [0.1, 0.15) is 6.92 Å². The van der Waals surface area contributed by atoms with Crippen molar-refractivity contribution in [3.8, 4) is 11.5 Å². The first-order valence-corrected chi connectivity index (χ1v) is 7.14. The smallest absolute Gasteiger partial charge is 0.170 e. The minimum Gasteiger partial charge on any atom is -0.505 e. The molecule has 0 saturated heterocycles. The molecule has 0 unspecified atom stereocenters. The van der Waals surface area contributed by atoms with Gasteiger partial charge in [0.1, 0.15) is 0 Å². The largest absolute Gasteiger partial charge is 0.505 e. The highest BCUT2D eigenvalue weighted by Crippen LogP contribution is 2.43. The Bertz CT molecular complexity index is 814. The van der Waals surface area contributed by atoms with Gasteiger partial charge in [0.2, 0.25) is 0 Å². The summed E-state index contributed by atoms with van der Waals surface area (Å²) in [6.07, 6.45) is 0. The zero-order valence-corrected chi connectivity index (χ0v) is 12.2. The number of benzene rings is 3. The number of hydrogen-bond donors (Lipinski definition) is 1. The first-order chi connectivity index (χ1) is 10.8. The highest BCUT2D eigenvalue weighted by molar-refractivity contribution is 5.95. The first kappa shape index (κ1) is 14.1. The Labute approximate surface area is 128 Å². The maximum atomic E-state index is 10.5. The number of hydrogen-bond acceptors (Lipinski definition) is 4. The Morgan fingerprint density at radius 3 is 2.45 bits per heavy atom. The predicted molar refractivity (Wildman–Crippen MR) is 87.4 cm³/mol. The van der Waals surface area contributed by atoms with Crippen LogP contribution in [0.25, 0.3) is 10.8 Å². The van der Waals surface area contributed by atoms with E-state index in [1.807, 2.05) is 67.6 Å². The summed E-state index contributed by atoms with van der Waals surface area (Å²) in [7, 11) is 0. The summed E-state index contributed by atoms with van der Waals surface area (Å²) >= 11 is 0. The fraction of sp³-hybridized carbons (Fsp3) is 0.111. The van der Waals surface area contributed by atoms with E-state index in [0.717, 1.165) is 16.5 Å². The van der Waals surface area contributed by atoms with Crippen LogP contribution in [0.3, 0.4) is 0 Å². The van der Waals surface area contributed by atoms with E-state index in [1.54, 1.807) is 0 Å². The van der Waals surface area contributed by atoms with E-state index in [-0.39, 0.29) is 5.75 Å². The molecule has 0 atom stereocenters. The van der Waals surface area contributed by atoms with Gasteiger partial charge in [0.25, 0.3) is 0 Å². The van der Waals surface area contributed by atoms with Crippen LogP contribution in [0.15, 0.2) is 70.9 Å². The number of phenols is 1. The van der Waals surface area contributed by atoms with Crippen molar-refractivity contribution in [3.63, 3.8) is 0 Å². The summed E-state index contributed by atoms with van der Waals surface area (Å²) in [6.45, 7) is 2.38. The molecule has 3 aromatic carbocycles. The lowest BCUT2D eigenvalue weighted by molar-refractivity contribution is 0.340. The molecule has 0 aromatic heterocycles. The molecule has 3 rings (SSSR count). The van der Waals surface area contributed by atoms with Crippen molar-refractivity contribution in [1.82, 2.24) is 0 Å². The standard InChI is InChI=1S/C18H16N2O2/c1-2-22-16-12-13-8-6-7-11-15(13)18(21)17(16)20-19-14-9-4-3-5-10-14/h3-12,21H,2H2,1H3. The van der Waals surface area contributed by atoms with Gasteiger partial charge in [-0.15, -0.1) is 5.11 Å². The summed E-state index contributed by atoms with van der Waals surface area (Å²) in [4.78, 5) is 0. The Morgan fingerprint density at radius 2 is 1.68 bits per heavy atom. The third-order valence-electron chi connectivity index (χ3n) is 3.28. The SMILES string of the molecule is CCOc1cc2ccccc2c(O)c1N=Nc1ccccc1. The summed E-state index contributed by atoms with van der Waals surface area (Å²) in [6, 6.07) is 18.8. The molecule has 0 bridgehead atoms. The molecule has 0 saturated carbocycles. The zero-order valence-electron chi connectivity index (χ0n) is 12.2. The van der Waals surface area contributed by atoms with Gasteiger partial charge in [0.05, 0.1) is 12.3 Å². The van der Waals surface area contributed by atoms with Crippen molar-refractivity contribution >= 4 is 22.1 Å². The van der Waals surface area contributed by atoms with Crippen LogP contribution in [0, 0.1) is 0 Å². The molecule has 4 nitrogen and oxygen atoms in total. The van der Waals surface area contributed by atoms with Gasteiger partial charge < -0.3 is 9.84 Å². The number of azo groups is 1. The molecule has 0 amide bonds. The van der Waals surface area contributed by atoms with Crippen LogP contribution in [-0.2, 0) is 0 Å². The van der Waals surface area contributed by atoms with Crippen molar-refractivity contribution in [3.05, 3.63) is 60.7 Å². The van der Waals surface area contributed by atoms with Gasteiger partial charge in [0, 0.05) is 5.39 Å². The molecule has 0 heterocycles. The van der Waals surface area contributed by atoms with E-state index in [1.165, 1.54) is 0 Å². The van der Waals surface area contributed by atoms with Gasteiger partial charge >= 0.3 is 0 Å². The van der Waals surface area contributed by atoms with Crippen LogP contribution in [-0.4, -0.2) is 11.7 Å². The number of phenolic OH excluding ortho intramolecular Hbond substituents is 1. The van der Waals surface area contributed by atoms with Crippen molar-refractivity contribution in [2.45, 2.75) is 6.92 Å². The molecule has 22 heavy (non-hydrogen) atoms. The summed E-state index contributed by atoms with van der Waals surface area (Å²) in [5, 5.41) is 20.5. The summed E-state index contributed by atoms with van der Waals surface area (Å²) in [5.74, 6) is 0.611. The quantitative estimate of drug-likeness (QED) is 0.658. The monoisotopic (exact) mass is 292 g/mol. The van der Waals surface area contributed by atoms with Crippen molar-refractivity contribution < 1.29 is 9.84 Å². The average Bonchev–Trinajstić information content (AvgIpc) is 2.56. The maximum Gasteiger partial charge on any atom is 0.170 e. The fourth-order valence-electron chi connectivity index (χ4n) is 2.26. The molecular weight excluding hydrogens is 276 g/mol. The van der Waals surface area contributed by atoms with Gasteiger partial charge in [0.15, 0.2) is 17.2 Å². The van der Waals surface area contributed by atoms with E-state index in [0.29, 0.717) is 18.0 Å². The van der Waals surface area contributed by atoms with E-state index < -0.39 is 0 Å². The molecule has 1 N–H and O–H groups in total. The topological polar surface area (TPSA) is 54.2 Å². The Balaban J connectivity index is 2.12. The van der Waals surface area contributed by atoms with E-state index in [4.69, 9.17) is 4.74 Å². The molecule has 110 valence electrons. The van der Waals surface area contributed by atoms with Gasteiger partial charge in [-0.05, 0) is 30.5 Å². The second kappa shape index (κ2) is 6.26. The highest BCUT2D eigenvalue weighted by Gasteiger charge is 2.13. The van der Waals surface area contributed by atoms with Crippen LogP contribution < -0.4 is 4.74 Å². The minimum atomic E-state index is 0.0845. The van der Waals surface area contributed by atoms with E-state index in [2.05, 4.69) is 10.2 Å². The Kier molecular flexibility index (Phi) is 4.01. The zero-order chi connectivity index (χ0) is 15.4. The Morgan fingerprint density at radius 1 is 0.955 bits per heavy atom. The highest BCUT2D eigenvalue weighted by atomic mass is 16.5. The normalized spacial score (nSPS) is 11.1. The van der Waals surface area contributed by atoms with Gasteiger partial charge in [-0.2, -0.15) is 5.11 Å². The van der Waals surface area contributed by atoms with Crippen molar-refractivity contribution in [2.24, 2.45) is 10.2 Å². The van der Waals surface area contributed by atoms with E-state index >= 15 is 0 Å². The molecule has 0 aliphatic carbocycles. The minimum absolute atomic E-state index is 0.0845. The van der Waals surface area contributed by atoms with Crippen LogP contribution >= 0.6 is 0 Å². The van der Waals surface area contributed by atoms with Crippen LogP contribution in [0.4, 0.5) is 11.4 Å². The molecular formula is C18H16N2O2. The van der Waals surface area contributed by atoms with E-state index in [9.17, 15) is 5.11 Å². The van der Waals surface area contributed by atoms with Crippen LogP contribution in [0.5, 0.6) is 11.5 Å². The number of aromatic hydroxyl groups is 1. The number of ether oxygens (including phenoxy) is 1. The second-order valence-corrected chi connectivity index (χ2v) is 4.76. The lowest BCUT2D eigenvalue weighted by Gasteiger charge is -2.10. The van der Waals surface area contributed by atoms with Crippen LogP contribution in [0.2, 0.25) is 0 Å². The maximum absolute atomic E-state index is 10.5. The molecule has 0 aliphatic heterocycles. The number of fused-ring (bicyclic) bond motifs is 1. The molecule has 0 radical (unpaired) electrons. The number of nitrogens with zero attached hydrogens (tertiary/aromatic N) is 2. The Hall–Kier alpha value is -2.88. The lowest BCUT2D eigenvalue weighted by Crippen LogP contribution is -1.92. The third-order valence-corrected chi connectivity index (χ3v) is 3.28. The summed E-state index contributed by atoms with van der Waals surface area (Å²) < 4.78 is 5.60. The molecule has 3 aromatic rings. The third kappa shape index (κ3) is 2.76. The summed E-state index contributed by atoms with van der Waals surface area (Å²) in [5.41, 5.74) is 1.07. The van der Waals surface area contributed by atoms with Gasteiger partial charge in [-0.25, -0.2) is 0 Å². The molecule has 0 spiro atoms. The van der Waals surface area contributed by atoms with Gasteiger partial charge in [-0.1, -0.05) is 42.5 Å². The number of rotatable bonds is 4. The van der Waals surface area contributed by atoms with Crippen molar-refractivity contribution in [2.75, 3.05) is 6.61 Å². The second-order valence-electron chi connectivity index (χ2n) is 4.76.